The molecule has 2 aromatic heterocycles. The van der Waals surface area contributed by atoms with Gasteiger partial charge in [-0.1, -0.05) is 41.9 Å². The van der Waals surface area contributed by atoms with Crippen LogP contribution in [0.4, 0.5) is 0 Å². The third-order valence-corrected chi connectivity index (χ3v) is 5.18. The van der Waals surface area contributed by atoms with Gasteiger partial charge in [-0.2, -0.15) is 16.3 Å². The molecule has 5 nitrogen and oxygen atoms in total. The molecule has 0 unspecified atom stereocenters. The molecule has 1 aliphatic rings. The van der Waals surface area contributed by atoms with E-state index >= 15 is 0 Å². The molecule has 1 fully saturated rings. The molecule has 0 radical (unpaired) electrons. The van der Waals surface area contributed by atoms with Crippen LogP contribution in [0.1, 0.15) is 30.7 Å². The first-order chi connectivity index (χ1) is 11.8. The third-order valence-electron chi connectivity index (χ3n) is 4.50. The van der Waals surface area contributed by atoms with Crippen LogP contribution in [0.2, 0.25) is 0 Å². The van der Waals surface area contributed by atoms with Crippen LogP contribution >= 0.6 is 11.3 Å². The number of rotatable bonds is 5. The molecular weight excluding hydrogens is 324 g/mol. The highest BCUT2D eigenvalue weighted by atomic mass is 32.1. The van der Waals surface area contributed by atoms with E-state index < -0.39 is 5.41 Å². The molecule has 6 heteroatoms. The highest BCUT2D eigenvalue weighted by Crippen LogP contribution is 2.44. The molecule has 0 aliphatic heterocycles. The van der Waals surface area contributed by atoms with Gasteiger partial charge in [0, 0.05) is 10.9 Å². The van der Waals surface area contributed by atoms with Crippen molar-refractivity contribution >= 4 is 17.3 Å². The Bertz CT molecular complexity index is 823. The molecule has 24 heavy (non-hydrogen) atoms. The molecule has 122 valence electrons. The lowest BCUT2D eigenvalue weighted by Gasteiger charge is -2.39. The van der Waals surface area contributed by atoms with Gasteiger partial charge < -0.3 is 9.26 Å². The zero-order valence-corrected chi connectivity index (χ0v) is 13.8. The second kappa shape index (κ2) is 6.20. The summed E-state index contributed by atoms with van der Waals surface area (Å²) in [6.45, 7) is 0.00452. The SMILES string of the molecule is O=C(OCc1nc(-c2ccsc2)no1)C1(c2ccccc2)CCC1. The molecule has 0 N–H and O–H groups in total. The number of nitrogens with zero attached hydrogens (tertiary/aromatic N) is 2. The van der Waals surface area contributed by atoms with Crippen LogP contribution in [0.15, 0.2) is 51.7 Å². The summed E-state index contributed by atoms with van der Waals surface area (Å²) in [7, 11) is 0. The van der Waals surface area contributed by atoms with E-state index in [1.165, 1.54) is 0 Å². The number of ether oxygens (including phenoxy) is 1. The maximum atomic E-state index is 12.6. The van der Waals surface area contributed by atoms with Crippen molar-refractivity contribution in [1.82, 2.24) is 10.1 Å². The number of benzene rings is 1. The van der Waals surface area contributed by atoms with Gasteiger partial charge in [0.15, 0.2) is 6.61 Å². The van der Waals surface area contributed by atoms with E-state index in [4.69, 9.17) is 9.26 Å². The third kappa shape index (κ3) is 2.63. The summed E-state index contributed by atoms with van der Waals surface area (Å²) >= 11 is 1.57. The molecule has 1 saturated carbocycles. The molecule has 0 atom stereocenters. The first-order valence-electron chi connectivity index (χ1n) is 7.86. The number of hydrogen-bond donors (Lipinski definition) is 0. The highest BCUT2D eigenvalue weighted by Gasteiger charge is 2.47. The summed E-state index contributed by atoms with van der Waals surface area (Å²) in [6, 6.07) is 11.8. The largest absolute Gasteiger partial charge is 0.455 e. The van der Waals surface area contributed by atoms with Gasteiger partial charge >= 0.3 is 5.97 Å². The van der Waals surface area contributed by atoms with Gasteiger partial charge in [0.05, 0.1) is 5.41 Å². The topological polar surface area (TPSA) is 65.2 Å². The fourth-order valence-corrected chi connectivity index (χ4v) is 3.62. The summed E-state index contributed by atoms with van der Waals surface area (Å²) in [5.74, 6) is 0.617. The number of esters is 1. The lowest BCUT2D eigenvalue weighted by molar-refractivity contribution is -0.156. The summed E-state index contributed by atoms with van der Waals surface area (Å²) in [5, 5.41) is 7.81. The lowest BCUT2D eigenvalue weighted by atomic mass is 9.64. The Morgan fingerprint density at radius 3 is 2.75 bits per heavy atom. The molecule has 1 aliphatic carbocycles. The van der Waals surface area contributed by atoms with Crippen LogP contribution in [0.3, 0.4) is 0 Å². The molecule has 0 saturated heterocycles. The number of aromatic nitrogens is 2. The minimum absolute atomic E-state index is 0.00452. The fraction of sp³-hybridized carbons (Fsp3) is 0.278. The van der Waals surface area contributed by atoms with E-state index in [0.717, 1.165) is 30.4 Å². The molecule has 2 heterocycles. The second-order valence-corrected chi connectivity index (χ2v) is 6.68. The van der Waals surface area contributed by atoms with Crippen LogP contribution in [-0.4, -0.2) is 16.1 Å². The molecule has 0 bridgehead atoms. The minimum Gasteiger partial charge on any atom is -0.455 e. The molecule has 4 rings (SSSR count). The van der Waals surface area contributed by atoms with E-state index in [9.17, 15) is 4.79 Å². The average Bonchev–Trinajstić information content (AvgIpc) is 3.24. The summed E-state index contributed by atoms with van der Waals surface area (Å²) < 4.78 is 10.7. The van der Waals surface area contributed by atoms with Gasteiger partial charge in [-0.15, -0.1) is 0 Å². The normalized spacial score (nSPS) is 15.7. The highest BCUT2D eigenvalue weighted by molar-refractivity contribution is 7.08. The number of carbonyl (C=O) groups is 1. The van der Waals surface area contributed by atoms with Crippen LogP contribution < -0.4 is 0 Å². The average molecular weight is 340 g/mol. The van der Waals surface area contributed by atoms with Gasteiger partial charge in [0.25, 0.3) is 5.89 Å². The van der Waals surface area contributed by atoms with Crippen molar-refractivity contribution in [2.45, 2.75) is 31.3 Å². The van der Waals surface area contributed by atoms with E-state index in [0.29, 0.717) is 11.7 Å². The standard InChI is InChI=1S/C18H16N2O3S/c21-17(18(8-4-9-18)14-5-2-1-3-6-14)22-11-15-19-16(20-23-15)13-7-10-24-12-13/h1-3,5-7,10,12H,4,8-9,11H2. The van der Waals surface area contributed by atoms with Gasteiger partial charge in [-0.3, -0.25) is 4.79 Å². The van der Waals surface area contributed by atoms with E-state index in [-0.39, 0.29) is 12.6 Å². The van der Waals surface area contributed by atoms with Crippen molar-refractivity contribution in [3.8, 4) is 11.4 Å². The summed E-state index contributed by atoms with van der Waals surface area (Å²) in [6.07, 6.45) is 2.67. The van der Waals surface area contributed by atoms with Crippen molar-refractivity contribution in [3.05, 3.63) is 58.6 Å². The van der Waals surface area contributed by atoms with E-state index in [2.05, 4.69) is 10.1 Å². The predicted octanol–water partition coefficient (Wildman–Crippen LogP) is 3.96. The predicted molar refractivity (Wildman–Crippen MR) is 89.4 cm³/mol. The summed E-state index contributed by atoms with van der Waals surface area (Å²) in [5.41, 5.74) is 1.41. The second-order valence-electron chi connectivity index (χ2n) is 5.90. The molecule has 0 spiro atoms. The van der Waals surface area contributed by atoms with Crippen LogP contribution in [0, 0.1) is 0 Å². The Morgan fingerprint density at radius 2 is 2.08 bits per heavy atom. The zero-order valence-electron chi connectivity index (χ0n) is 13.0. The van der Waals surface area contributed by atoms with Crippen LogP contribution in [0.25, 0.3) is 11.4 Å². The fourth-order valence-electron chi connectivity index (χ4n) is 2.99. The maximum absolute atomic E-state index is 12.6. The quantitative estimate of drug-likeness (QED) is 0.658. The van der Waals surface area contributed by atoms with Gasteiger partial charge in [0.2, 0.25) is 5.82 Å². The van der Waals surface area contributed by atoms with Crippen molar-refractivity contribution in [2.24, 2.45) is 0 Å². The molecular formula is C18H16N2O3S. The van der Waals surface area contributed by atoms with Crippen molar-refractivity contribution < 1.29 is 14.1 Å². The summed E-state index contributed by atoms with van der Waals surface area (Å²) in [4.78, 5) is 16.9. The van der Waals surface area contributed by atoms with Crippen molar-refractivity contribution in [3.63, 3.8) is 0 Å². The van der Waals surface area contributed by atoms with E-state index in [1.807, 2.05) is 47.2 Å². The Hall–Kier alpha value is -2.47. The molecule has 1 aromatic carbocycles. The monoisotopic (exact) mass is 340 g/mol. The van der Waals surface area contributed by atoms with Gasteiger partial charge in [-0.25, -0.2) is 0 Å². The first kappa shape index (κ1) is 15.1. The maximum Gasteiger partial charge on any atom is 0.317 e. The smallest absolute Gasteiger partial charge is 0.317 e. The number of thiophene rings is 1. The Morgan fingerprint density at radius 1 is 1.25 bits per heavy atom. The Kier molecular flexibility index (Phi) is 3.90. The first-order valence-corrected chi connectivity index (χ1v) is 8.80. The zero-order chi connectivity index (χ0) is 16.4. The van der Waals surface area contributed by atoms with Crippen molar-refractivity contribution in [1.29, 1.82) is 0 Å². The molecule has 3 aromatic rings. The minimum atomic E-state index is -0.516. The number of carbonyl (C=O) groups excluding carboxylic acids is 1. The Labute approximate surface area is 143 Å². The van der Waals surface area contributed by atoms with E-state index in [1.54, 1.807) is 11.3 Å². The van der Waals surface area contributed by atoms with Crippen LogP contribution in [-0.2, 0) is 21.6 Å². The Balaban J connectivity index is 1.45. The molecule has 0 amide bonds. The van der Waals surface area contributed by atoms with Gasteiger partial charge in [0.1, 0.15) is 0 Å². The van der Waals surface area contributed by atoms with Gasteiger partial charge in [-0.05, 0) is 29.9 Å². The lowest BCUT2D eigenvalue weighted by Crippen LogP contribution is -2.43. The number of hydrogen-bond acceptors (Lipinski definition) is 6. The van der Waals surface area contributed by atoms with Crippen LogP contribution in [0.5, 0.6) is 0 Å². The van der Waals surface area contributed by atoms with Crippen molar-refractivity contribution in [2.75, 3.05) is 0 Å².